The van der Waals surface area contributed by atoms with Crippen molar-refractivity contribution in [2.75, 3.05) is 19.6 Å². The van der Waals surface area contributed by atoms with Gasteiger partial charge in [0.25, 0.3) is 5.91 Å². The number of hydrogen-bond donors (Lipinski definition) is 2. The second-order valence-corrected chi connectivity index (χ2v) is 6.02. The SMILES string of the molecule is Cn1nc(C(C)(C)C)cc1C(=O)NCC1CNC1. The topological polar surface area (TPSA) is 59.0 Å². The lowest BCUT2D eigenvalue weighted by atomic mass is 9.92. The molecule has 0 bridgehead atoms. The molecule has 0 radical (unpaired) electrons. The van der Waals surface area contributed by atoms with E-state index in [0.29, 0.717) is 11.6 Å². The van der Waals surface area contributed by atoms with E-state index < -0.39 is 0 Å². The molecule has 0 saturated carbocycles. The number of hydrogen-bond acceptors (Lipinski definition) is 3. The maximum atomic E-state index is 12.1. The van der Waals surface area contributed by atoms with Gasteiger partial charge in [0.1, 0.15) is 5.69 Å². The fourth-order valence-corrected chi connectivity index (χ4v) is 1.87. The van der Waals surface area contributed by atoms with Crippen LogP contribution in [-0.4, -0.2) is 35.3 Å². The molecule has 2 heterocycles. The minimum Gasteiger partial charge on any atom is -0.350 e. The summed E-state index contributed by atoms with van der Waals surface area (Å²) in [6.07, 6.45) is 0. The van der Waals surface area contributed by atoms with Crippen LogP contribution in [0.15, 0.2) is 6.07 Å². The predicted molar refractivity (Wildman–Crippen MR) is 70.6 cm³/mol. The quantitative estimate of drug-likeness (QED) is 0.829. The number of rotatable bonds is 3. The molecule has 1 aliphatic rings. The van der Waals surface area contributed by atoms with Crippen LogP contribution in [0.3, 0.4) is 0 Å². The van der Waals surface area contributed by atoms with E-state index in [-0.39, 0.29) is 11.3 Å². The van der Waals surface area contributed by atoms with Gasteiger partial charge in [-0.3, -0.25) is 9.48 Å². The lowest BCUT2D eigenvalue weighted by molar-refractivity contribution is 0.0933. The van der Waals surface area contributed by atoms with E-state index in [2.05, 4.69) is 36.5 Å². The highest BCUT2D eigenvalue weighted by molar-refractivity contribution is 5.92. The van der Waals surface area contributed by atoms with Crippen molar-refractivity contribution in [3.05, 3.63) is 17.5 Å². The molecule has 0 atom stereocenters. The van der Waals surface area contributed by atoms with Crippen molar-refractivity contribution in [3.63, 3.8) is 0 Å². The monoisotopic (exact) mass is 250 g/mol. The Morgan fingerprint density at radius 2 is 2.22 bits per heavy atom. The molecule has 1 aliphatic heterocycles. The molecular weight excluding hydrogens is 228 g/mol. The number of nitrogens with one attached hydrogen (secondary N) is 2. The molecule has 2 N–H and O–H groups in total. The van der Waals surface area contributed by atoms with Crippen molar-refractivity contribution in [3.8, 4) is 0 Å². The zero-order valence-corrected chi connectivity index (χ0v) is 11.6. The summed E-state index contributed by atoms with van der Waals surface area (Å²) in [6, 6.07) is 1.88. The second kappa shape index (κ2) is 4.72. The van der Waals surface area contributed by atoms with E-state index in [1.165, 1.54) is 0 Å². The second-order valence-electron chi connectivity index (χ2n) is 6.02. The van der Waals surface area contributed by atoms with Crippen molar-refractivity contribution < 1.29 is 4.79 Å². The molecule has 0 spiro atoms. The fraction of sp³-hybridized carbons (Fsp3) is 0.692. The van der Waals surface area contributed by atoms with Gasteiger partial charge in [-0.15, -0.1) is 0 Å². The Kier molecular flexibility index (Phi) is 3.43. The van der Waals surface area contributed by atoms with E-state index in [0.717, 1.165) is 25.3 Å². The summed E-state index contributed by atoms with van der Waals surface area (Å²) in [5.74, 6) is 0.539. The first-order valence-corrected chi connectivity index (χ1v) is 6.41. The van der Waals surface area contributed by atoms with Crippen molar-refractivity contribution in [1.82, 2.24) is 20.4 Å². The van der Waals surface area contributed by atoms with Gasteiger partial charge in [0.15, 0.2) is 0 Å². The Morgan fingerprint density at radius 3 is 2.67 bits per heavy atom. The molecule has 100 valence electrons. The summed E-state index contributed by atoms with van der Waals surface area (Å²) in [5.41, 5.74) is 1.54. The van der Waals surface area contributed by atoms with Gasteiger partial charge in [-0.25, -0.2) is 0 Å². The zero-order chi connectivity index (χ0) is 13.3. The molecule has 0 aliphatic carbocycles. The van der Waals surface area contributed by atoms with E-state index in [4.69, 9.17) is 0 Å². The summed E-state index contributed by atoms with van der Waals surface area (Å²) >= 11 is 0. The number of aromatic nitrogens is 2. The van der Waals surface area contributed by atoms with Gasteiger partial charge >= 0.3 is 0 Å². The lowest BCUT2D eigenvalue weighted by Gasteiger charge is -2.26. The molecular formula is C13H22N4O. The van der Waals surface area contributed by atoms with E-state index in [1.807, 2.05) is 13.1 Å². The Balaban J connectivity index is 2.02. The maximum Gasteiger partial charge on any atom is 0.269 e. The summed E-state index contributed by atoms with van der Waals surface area (Å²) in [7, 11) is 1.81. The standard InChI is InChI=1S/C13H22N4O/c1-13(2,3)11-5-10(17(4)16-11)12(18)15-8-9-6-14-7-9/h5,9,14H,6-8H2,1-4H3,(H,15,18). The number of carbonyl (C=O) groups is 1. The molecule has 0 unspecified atom stereocenters. The number of nitrogens with zero attached hydrogens (tertiary/aromatic N) is 2. The van der Waals surface area contributed by atoms with Crippen molar-refractivity contribution in [2.45, 2.75) is 26.2 Å². The van der Waals surface area contributed by atoms with Crippen LogP contribution >= 0.6 is 0 Å². The van der Waals surface area contributed by atoms with Crippen molar-refractivity contribution in [1.29, 1.82) is 0 Å². The largest absolute Gasteiger partial charge is 0.350 e. The van der Waals surface area contributed by atoms with Gasteiger partial charge in [0.05, 0.1) is 5.69 Å². The smallest absolute Gasteiger partial charge is 0.269 e. The lowest BCUT2D eigenvalue weighted by Crippen LogP contribution is -2.48. The average molecular weight is 250 g/mol. The van der Waals surface area contributed by atoms with Gasteiger partial charge in [-0.1, -0.05) is 20.8 Å². The highest BCUT2D eigenvalue weighted by Crippen LogP contribution is 2.21. The Hall–Kier alpha value is -1.36. The Labute approximate surface area is 108 Å². The van der Waals surface area contributed by atoms with Gasteiger partial charge in [-0.2, -0.15) is 5.10 Å². The highest BCUT2D eigenvalue weighted by atomic mass is 16.2. The van der Waals surface area contributed by atoms with Gasteiger partial charge in [-0.05, 0) is 6.07 Å². The van der Waals surface area contributed by atoms with E-state index >= 15 is 0 Å². The third-order valence-electron chi connectivity index (χ3n) is 3.30. The summed E-state index contributed by atoms with van der Waals surface area (Å²) < 4.78 is 1.66. The zero-order valence-electron chi connectivity index (χ0n) is 11.6. The molecule has 1 saturated heterocycles. The van der Waals surface area contributed by atoms with Crippen LogP contribution in [0.2, 0.25) is 0 Å². The molecule has 2 rings (SSSR count). The minimum atomic E-state index is -0.0348. The maximum absolute atomic E-state index is 12.1. The van der Waals surface area contributed by atoms with Crippen molar-refractivity contribution in [2.24, 2.45) is 13.0 Å². The van der Waals surface area contributed by atoms with Crippen LogP contribution in [0.1, 0.15) is 37.0 Å². The minimum absolute atomic E-state index is 0.0335. The Morgan fingerprint density at radius 1 is 1.56 bits per heavy atom. The summed E-state index contributed by atoms with van der Waals surface area (Å²) in [5, 5.41) is 10.6. The molecule has 1 amide bonds. The van der Waals surface area contributed by atoms with Crippen LogP contribution < -0.4 is 10.6 Å². The van der Waals surface area contributed by atoms with E-state index in [9.17, 15) is 4.79 Å². The molecule has 5 nitrogen and oxygen atoms in total. The van der Waals surface area contributed by atoms with Gasteiger partial charge in [0.2, 0.25) is 0 Å². The van der Waals surface area contributed by atoms with Crippen molar-refractivity contribution >= 4 is 5.91 Å². The third-order valence-corrected chi connectivity index (χ3v) is 3.30. The van der Waals surface area contributed by atoms with Gasteiger partial charge < -0.3 is 10.6 Å². The van der Waals surface area contributed by atoms with Crippen LogP contribution in [0.5, 0.6) is 0 Å². The molecule has 1 fully saturated rings. The van der Waals surface area contributed by atoms with E-state index in [1.54, 1.807) is 4.68 Å². The third kappa shape index (κ3) is 2.72. The number of carbonyl (C=O) groups excluding carboxylic acids is 1. The number of amides is 1. The summed E-state index contributed by atoms with van der Waals surface area (Å²) in [4.78, 5) is 12.1. The fourth-order valence-electron chi connectivity index (χ4n) is 1.87. The summed E-state index contributed by atoms with van der Waals surface area (Å²) in [6.45, 7) is 9.02. The normalized spacial score (nSPS) is 16.4. The van der Waals surface area contributed by atoms with Gasteiger partial charge in [0, 0.05) is 38.0 Å². The van der Waals surface area contributed by atoms with Crippen LogP contribution in [0.25, 0.3) is 0 Å². The molecule has 0 aromatic carbocycles. The molecule has 1 aromatic rings. The Bertz CT molecular complexity index is 440. The molecule has 5 heteroatoms. The van der Waals surface area contributed by atoms with Crippen LogP contribution in [0.4, 0.5) is 0 Å². The first-order chi connectivity index (χ1) is 8.38. The molecule has 1 aromatic heterocycles. The predicted octanol–water partition coefficient (Wildman–Crippen LogP) is 0.667. The number of aryl methyl sites for hydroxylation is 1. The average Bonchev–Trinajstić information content (AvgIpc) is 2.57. The molecule has 18 heavy (non-hydrogen) atoms. The highest BCUT2D eigenvalue weighted by Gasteiger charge is 2.23. The first-order valence-electron chi connectivity index (χ1n) is 6.41. The van der Waals surface area contributed by atoms with Crippen LogP contribution in [-0.2, 0) is 12.5 Å². The van der Waals surface area contributed by atoms with Crippen LogP contribution in [0, 0.1) is 5.92 Å². The first kappa shape index (κ1) is 13.1.